The van der Waals surface area contributed by atoms with E-state index in [1.807, 2.05) is 0 Å². The molecule has 3 heteroatoms. The van der Waals surface area contributed by atoms with Gasteiger partial charge in [-0.3, -0.25) is 4.79 Å². The minimum Gasteiger partial charge on any atom is -0.481 e. The van der Waals surface area contributed by atoms with E-state index in [0.717, 1.165) is 32.2 Å². The van der Waals surface area contributed by atoms with Crippen LogP contribution in [0, 0.1) is 5.92 Å². The van der Waals surface area contributed by atoms with Gasteiger partial charge in [0.1, 0.15) is 0 Å². The van der Waals surface area contributed by atoms with Crippen molar-refractivity contribution >= 4 is 5.97 Å². The Morgan fingerprint density at radius 2 is 2.00 bits per heavy atom. The van der Waals surface area contributed by atoms with Gasteiger partial charge < -0.3 is 10.4 Å². The van der Waals surface area contributed by atoms with Crippen LogP contribution in [0.15, 0.2) is 0 Å². The molecule has 0 saturated carbocycles. The Morgan fingerprint density at radius 3 is 2.43 bits per heavy atom. The number of carboxylic acids is 1. The molecule has 0 fully saturated rings. The minimum atomic E-state index is -0.649. The zero-order valence-electron chi connectivity index (χ0n) is 9.55. The Balaban J connectivity index is 3.68. The van der Waals surface area contributed by atoms with Crippen LogP contribution < -0.4 is 5.32 Å². The fourth-order valence-corrected chi connectivity index (χ4v) is 1.39. The SMILES string of the molecule is CCCCC(CCNC(C)C)C(=O)O. The number of nitrogens with one attached hydrogen (secondary N) is 1. The van der Waals surface area contributed by atoms with Gasteiger partial charge in [0.2, 0.25) is 0 Å². The topological polar surface area (TPSA) is 49.3 Å². The van der Waals surface area contributed by atoms with Gasteiger partial charge in [-0.2, -0.15) is 0 Å². The number of aliphatic carboxylic acids is 1. The third kappa shape index (κ3) is 6.89. The summed E-state index contributed by atoms with van der Waals surface area (Å²) in [6.07, 6.45) is 3.64. The quantitative estimate of drug-likeness (QED) is 0.633. The highest BCUT2D eigenvalue weighted by atomic mass is 16.4. The van der Waals surface area contributed by atoms with Crippen molar-refractivity contribution in [2.24, 2.45) is 5.92 Å². The Bertz CT molecular complexity index is 157. The van der Waals surface area contributed by atoms with Crippen molar-refractivity contribution in [2.75, 3.05) is 6.54 Å². The number of carboxylic acid groups (broad SMARTS) is 1. The predicted octanol–water partition coefficient (Wildman–Crippen LogP) is 2.27. The lowest BCUT2D eigenvalue weighted by Crippen LogP contribution is -2.27. The van der Waals surface area contributed by atoms with Gasteiger partial charge in [0.25, 0.3) is 0 Å². The van der Waals surface area contributed by atoms with E-state index in [2.05, 4.69) is 26.1 Å². The molecule has 0 bridgehead atoms. The van der Waals surface area contributed by atoms with Gasteiger partial charge in [-0.05, 0) is 19.4 Å². The second kappa shape index (κ2) is 7.80. The molecule has 84 valence electrons. The zero-order chi connectivity index (χ0) is 11.0. The normalized spacial score (nSPS) is 13.1. The molecule has 2 N–H and O–H groups in total. The van der Waals surface area contributed by atoms with Crippen LogP contribution in [0.2, 0.25) is 0 Å². The van der Waals surface area contributed by atoms with Crippen LogP contribution in [0.5, 0.6) is 0 Å². The number of rotatable bonds is 8. The average molecular weight is 201 g/mol. The summed E-state index contributed by atoms with van der Waals surface area (Å²) in [6, 6.07) is 0.440. The molecule has 1 atom stereocenters. The highest BCUT2D eigenvalue weighted by Gasteiger charge is 2.15. The first-order valence-corrected chi connectivity index (χ1v) is 5.54. The second-order valence-electron chi connectivity index (χ2n) is 4.07. The van der Waals surface area contributed by atoms with Crippen LogP contribution in [0.1, 0.15) is 46.5 Å². The van der Waals surface area contributed by atoms with Crippen LogP contribution in [0.3, 0.4) is 0 Å². The molecule has 3 nitrogen and oxygen atoms in total. The lowest BCUT2D eigenvalue weighted by Gasteiger charge is -2.13. The fourth-order valence-electron chi connectivity index (χ4n) is 1.39. The van der Waals surface area contributed by atoms with E-state index in [-0.39, 0.29) is 5.92 Å². The van der Waals surface area contributed by atoms with E-state index in [1.165, 1.54) is 0 Å². The molecule has 1 unspecified atom stereocenters. The summed E-state index contributed by atoms with van der Waals surface area (Å²) >= 11 is 0. The highest BCUT2D eigenvalue weighted by Crippen LogP contribution is 2.12. The first kappa shape index (κ1) is 13.4. The van der Waals surface area contributed by atoms with E-state index < -0.39 is 5.97 Å². The summed E-state index contributed by atoms with van der Waals surface area (Å²) in [7, 11) is 0. The van der Waals surface area contributed by atoms with Gasteiger partial charge in [-0.1, -0.05) is 33.6 Å². The Morgan fingerprint density at radius 1 is 1.36 bits per heavy atom. The van der Waals surface area contributed by atoms with Crippen molar-refractivity contribution in [1.29, 1.82) is 0 Å². The standard InChI is InChI=1S/C11H23NO2/c1-4-5-6-10(11(13)14)7-8-12-9(2)3/h9-10,12H,4-8H2,1-3H3,(H,13,14). The molecule has 0 aliphatic heterocycles. The summed E-state index contributed by atoms with van der Waals surface area (Å²) in [5, 5.41) is 12.2. The van der Waals surface area contributed by atoms with Gasteiger partial charge >= 0.3 is 5.97 Å². The molecular formula is C11H23NO2. The number of unbranched alkanes of at least 4 members (excludes halogenated alkanes) is 1. The molecule has 0 radical (unpaired) electrons. The number of hydrogen-bond donors (Lipinski definition) is 2. The van der Waals surface area contributed by atoms with Crippen molar-refractivity contribution < 1.29 is 9.90 Å². The number of carbonyl (C=O) groups is 1. The summed E-state index contributed by atoms with van der Waals surface area (Å²) in [5.41, 5.74) is 0. The molecule has 0 rings (SSSR count). The molecule has 0 aromatic rings. The molecular weight excluding hydrogens is 178 g/mol. The first-order chi connectivity index (χ1) is 6.57. The summed E-state index contributed by atoms with van der Waals surface area (Å²) in [4.78, 5) is 10.9. The molecule has 0 heterocycles. The summed E-state index contributed by atoms with van der Waals surface area (Å²) in [6.45, 7) is 7.03. The zero-order valence-corrected chi connectivity index (χ0v) is 9.55. The van der Waals surface area contributed by atoms with E-state index in [0.29, 0.717) is 6.04 Å². The smallest absolute Gasteiger partial charge is 0.306 e. The van der Waals surface area contributed by atoms with Crippen LogP contribution in [-0.4, -0.2) is 23.7 Å². The molecule has 0 spiro atoms. The van der Waals surface area contributed by atoms with Crippen molar-refractivity contribution in [3.05, 3.63) is 0 Å². The molecule has 14 heavy (non-hydrogen) atoms. The highest BCUT2D eigenvalue weighted by molar-refractivity contribution is 5.69. The maximum atomic E-state index is 10.9. The predicted molar refractivity (Wildman–Crippen MR) is 58.4 cm³/mol. The van der Waals surface area contributed by atoms with Gasteiger partial charge in [0.05, 0.1) is 5.92 Å². The third-order valence-corrected chi connectivity index (χ3v) is 2.30. The maximum Gasteiger partial charge on any atom is 0.306 e. The lowest BCUT2D eigenvalue weighted by atomic mass is 9.99. The number of hydrogen-bond acceptors (Lipinski definition) is 2. The lowest BCUT2D eigenvalue weighted by molar-refractivity contribution is -0.142. The largest absolute Gasteiger partial charge is 0.481 e. The Kier molecular flexibility index (Phi) is 7.48. The second-order valence-corrected chi connectivity index (χ2v) is 4.07. The average Bonchev–Trinajstić information content (AvgIpc) is 2.09. The van der Waals surface area contributed by atoms with Crippen LogP contribution in [0.25, 0.3) is 0 Å². The van der Waals surface area contributed by atoms with E-state index in [9.17, 15) is 4.79 Å². The fraction of sp³-hybridized carbons (Fsp3) is 0.909. The summed E-state index contributed by atoms with van der Waals surface area (Å²) < 4.78 is 0. The van der Waals surface area contributed by atoms with E-state index in [1.54, 1.807) is 0 Å². The monoisotopic (exact) mass is 201 g/mol. The van der Waals surface area contributed by atoms with Crippen molar-refractivity contribution in [1.82, 2.24) is 5.32 Å². The molecule has 0 aliphatic carbocycles. The van der Waals surface area contributed by atoms with E-state index in [4.69, 9.17) is 5.11 Å². The van der Waals surface area contributed by atoms with Crippen LogP contribution >= 0.6 is 0 Å². The van der Waals surface area contributed by atoms with Gasteiger partial charge in [0, 0.05) is 6.04 Å². The van der Waals surface area contributed by atoms with Gasteiger partial charge in [0.15, 0.2) is 0 Å². The molecule has 0 saturated heterocycles. The molecule has 0 aromatic heterocycles. The van der Waals surface area contributed by atoms with Crippen molar-refractivity contribution in [3.8, 4) is 0 Å². The molecule has 0 aromatic carbocycles. The maximum absolute atomic E-state index is 10.9. The first-order valence-electron chi connectivity index (χ1n) is 5.54. The van der Waals surface area contributed by atoms with Crippen LogP contribution in [0.4, 0.5) is 0 Å². The van der Waals surface area contributed by atoms with Gasteiger partial charge in [-0.15, -0.1) is 0 Å². The van der Waals surface area contributed by atoms with Crippen molar-refractivity contribution in [3.63, 3.8) is 0 Å². The summed E-state index contributed by atoms with van der Waals surface area (Å²) in [5.74, 6) is -0.815. The third-order valence-electron chi connectivity index (χ3n) is 2.30. The van der Waals surface area contributed by atoms with Crippen LogP contribution in [-0.2, 0) is 4.79 Å². The van der Waals surface area contributed by atoms with Crippen molar-refractivity contribution in [2.45, 2.75) is 52.5 Å². The minimum absolute atomic E-state index is 0.166. The van der Waals surface area contributed by atoms with Gasteiger partial charge in [-0.25, -0.2) is 0 Å². The Hall–Kier alpha value is -0.570. The van der Waals surface area contributed by atoms with E-state index >= 15 is 0 Å². The molecule has 0 amide bonds. The molecule has 0 aliphatic rings. The Labute approximate surface area is 86.9 Å².